The van der Waals surface area contributed by atoms with Crippen molar-refractivity contribution in [2.45, 2.75) is 23.1 Å². The van der Waals surface area contributed by atoms with Crippen LogP contribution in [0.25, 0.3) is 0 Å². The first-order valence-electron chi connectivity index (χ1n) is 9.08. The van der Waals surface area contributed by atoms with Crippen molar-refractivity contribution in [1.29, 1.82) is 0 Å². The fraction of sp³-hybridized carbons (Fsp3) is 0.350. The zero-order valence-electron chi connectivity index (χ0n) is 16.2. The first kappa shape index (κ1) is 21.3. The molecule has 1 N–H and O–H groups in total. The highest BCUT2D eigenvalue weighted by Gasteiger charge is 2.36. The third-order valence-electron chi connectivity index (χ3n) is 4.90. The van der Waals surface area contributed by atoms with E-state index in [2.05, 4.69) is 5.32 Å². The molecule has 1 aliphatic rings. The molecule has 0 saturated carbocycles. The summed E-state index contributed by atoms with van der Waals surface area (Å²) in [6.45, 7) is 0.836. The minimum absolute atomic E-state index is 0.155. The summed E-state index contributed by atoms with van der Waals surface area (Å²) in [5, 5.41) is 2.68. The Morgan fingerprint density at radius 3 is 2.48 bits per heavy atom. The van der Waals surface area contributed by atoms with Gasteiger partial charge in [-0.05, 0) is 48.4 Å². The number of benzene rings is 2. The van der Waals surface area contributed by atoms with E-state index in [4.69, 9.17) is 21.1 Å². The summed E-state index contributed by atoms with van der Waals surface area (Å²) in [4.78, 5) is 14.2. The van der Waals surface area contributed by atoms with E-state index in [0.717, 1.165) is 5.56 Å². The van der Waals surface area contributed by atoms with Crippen LogP contribution in [0, 0.1) is 0 Å². The van der Waals surface area contributed by atoms with Crippen molar-refractivity contribution >= 4 is 27.5 Å². The molecule has 9 heteroatoms. The van der Waals surface area contributed by atoms with Crippen LogP contribution in [0.5, 0.6) is 11.5 Å². The van der Waals surface area contributed by atoms with Gasteiger partial charge < -0.3 is 19.7 Å². The number of urea groups is 1. The number of hydrogen-bond donors (Lipinski definition) is 1. The summed E-state index contributed by atoms with van der Waals surface area (Å²) < 4.78 is 36.1. The fourth-order valence-corrected chi connectivity index (χ4v) is 5.08. The third-order valence-corrected chi connectivity index (χ3v) is 7.35. The number of rotatable bonds is 6. The van der Waals surface area contributed by atoms with Gasteiger partial charge in [0, 0.05) is 24.7 Å². The smallest absolute Gasteiger partial charge is 0.317 e. The molecule has 1 fully saturated rings. The lowest BCUT2D eigenvalue weighted by Gasteiger charge is -2.18. The maximum atomic E-state index is 12.8. The number of amides is 2. The van der Waals surface area contributed by atoms with Gasteiger partial charge >= 0.3 is 6.03 Å². The number of nitrogens with one attached hydrogen (secondary N) is 1. The summed E-state index contributed by atoms with van der Waals surface area (Å²) in [5.41, 5.74) is 0.848. The van der Waals surface area contributed by atoms with Crippen molar-refractivity contribution in [3.63, 3.8) is 0 Å². The topological polar surface area (TPSA) is 84.9 Å². The molecule has 0 bridgehead atoms. The van der Waals surface area contributed by atoms with Gasteiger partial charge in [-0.15, -0.1) is 0 Å². The normalized spacial score (nSPS) is 16.5. The monoisotopic (exact) mass is 438 g/mol. The summed E-state index contributed by atoms with van der Waals surface area (Å²) in [7, 11) is -0.412. The van der Waals surface area contributed by atoms with E-state index in [-0.39, 0.29) is 17.5 Å². The number of likely N-dealkylation sites (tertiary alicyclic amines) is 1. The van der Waals surface area contributed by atoms with Crippen LogP contribution in [0.1, 0.15) is 12.0 Å². The lowest BCUT2D eigenvalue weighted by molar-refractivity contribution is 0.208. The molecular formula is C20H23ClN2O5S. The second-order valence-electron chi connectivity index (χ2n) is 6.70. The molecule has 1 saturated heterocycles. The number of carbonyl (C=O) groups excluding carboxylic acids is 1. The number of methoxy groups -OCH3 is 2. The molecule has 1 aliphatic heterocycles. The molecule has 1 atom stereocenters. The van der Waals surface area contributed by atoms with Crippen LogP contribution in [0.2, 0.25) is 5.02 Å². The average molecular weight is 439 g/mol. The maximum absolute atomic E-state index is 12.8. The van der Waals surface area contributed by atoms with Gasteiger partial charge in [0.1, 0.15) is 0 Å². The van der Waals surface area contributed by atoms with Crippen LogP contribution in [0.3, 0.4) is 0 Å². The van der Waals surface area contributed by atoms with Crippen molar-refractivity contribution in [2.24, 2.45) is 0 Å². The van der Waals surface area contributed by atoms with E-state index in [9.17, 15) is 13.2 Å². The maximum Gasteiger partial charge on any atom is 0.317 e. The molecule has 2 aromatic carbocycles. The Kier molecular flexibility index (Phi) is 6.54. The second kappa shape index (κ2) is 8.92. The van der Waals surface area contributed by atoms with E-state index in [1.165, 1.54) is 17.0 Å². The Labute approximate surface area is 175 Å². The lowest BCUT2D eigenvalue weighted by atomic mass is 10.2. The van der Waals surface area contributed by atoms with Gasteiger partial charge in [0.05, 0.1) is 24.4 Å². The molecule has 0 aliphatic carbocycles. The van der Waals surface area contributed by atoms with Gasteiger partial charge in [-0.1, -0.05) is 17.7 Å². The first-order chi connectivity index (χ1) is 13.8. The van der Waals surface area contributed by atoms with Gasteiger partial charge in [-0.3, -0.25) is 0 Å². The van der Waals surface area contributed by atoms with Crippen LogP contribution in [-0.2, 0) is 16.4 Å². The van der Waals surface area contributed by atoms with Gasteiger partial charge in [0.25, 0.3) is 0 Å². The Balaban J connectivity index is 1.60. The van der Waals surface area contributed by atoms with Gasteiger partial charge in [-0.25, -0.2) is 13.2 Å². The molecule has 1 unspecified atom stereocenters. The molecule has 0 aromatic heterocycles. The molecule has 2 aromatic rings. The molecule has 7 nitrogen and oxygen atoms in total. The molecular weight excluding hydrogens is 416 g/mol. The Hall–Kier alpha value is -2.45. The van der Waals surface area contributed by atoms with Crippen molar-refractivity contribution < 1.29 is 22.7 Å². The molecule has 2 amide bonds. The summed E-state index contributed by atoms with van der Waals surface area (Å²) in [6.07, 6.45) is 0.398. The van der Waals surface area contributed by atoms with Gasteiger partial charge in [-0.2, -0.15) is 0 Å². The summed E-state index contributed by atoms with van der Waals surface area (Å²) >= 11 is 5.84. The highest BCUT2D eigenvalue weighted by molar-refractivity contribution is 7.92. The van der Waals surface area contributed by atoms with Crippen LogP contribution in [0.15, 0.2) is 47.4 Å². The molecule has 0 spiro atoms. The lowest BCUT2D eigenvalue weighted by Crippen LogP contribution is -2.39. The third kappa shape index (κ3) is 4.76. The van der Waals surface area contributed by atoms with E-state index < -0.39 is 15.1 Å². The van der Waals surface area contributed by atoms with Crippen LogP contribution < -0.4 is 14.8 Å². The Morgan fingerprint density at radius 2 is 1.83 bits per heavy atom. The molecule has 3 rings (SSSR count). The first-order valence-corrected chi connectivity index (χ1v) is 11.0. The Morgan fingerprint density at radius 1 is 1.14 bits per heavy atom. The molecule has 156 valence electrons. The van der Waals surface area contributed by atoms with Crippen LogP contribution in [-0.4, -0.2) is 51.9 Å². The van der Waals surface area contributed by atoms with E-state index in [1.807, 2.05) is 6.07 Å². The average Bonchev–Trinajstić information content (AvgIpc) is 3.23. The highest BCUT2D eigenvalue weighted by atomic mass is 35.5. The van der Waals surface area contributed by atoms with Crippen LogP contribution >= 0.6 is 11.6 Å². The highest BCUT2D eigenvalue weighted by Crippen LogP contribution is 2.28. The largest absolute Gasteiger partial charge is 0.493 e. The quantitative estimate of drug-likeness (QED) is 0.749. The fourth-order valence-electron chi connectivity index (χ4n) is 3.26. The van der Waals surface area contributed by atoms with Crippen molar-refractivity contribution in [2.75, 3.05) is 27.3 Å². The second-order valence-corrected chi connectivity index (χ2v) is 9.37. The van der Waals surface area contributed by atoms with E-state index >= 15 is 0 Å². The molecule has 0 radical (unpaired) electrons. The predicted molar refractivity (Wildman–Crippen MR) is 110 cm³/mol. The number of halogens is 1. The van der Waals surface area contributed by atoms with E-state index in [1.54, 1.807) is 38.5 Å². The zero-order chi connectivity index (χ0) is 21.0. The van der Waals surface area contributed by atoms with Gasteiger partial charge in [0.15, 0.2) is 21.3 Å². The molecule has 1 heterocycles. The Bertz CT molecular complexity index is 979. The van der Waals surface area contributed by atoms with Gasteiger partial charge in [0.2, 0.25) is 0 Å². The standard InChI is InChI=1S/C20H23ClN2O5S/c1-27-18-8-3-14(11-19(18)28-2)12-22-20(24)23-10-9-17(13-23)29(25,26)16-6-4-15(21)5-7-16/h3-8,11,17H,9-10,12-13H2,1-2H3,(H,22,24). The van der Waals surface area contributed by atoms with Crippen LogP contribution in [0.4, 0.5) is 4.79 Å². The van der Waals surface area contributed by atoms with Crippen molar-refractivity contribution in [3.8, 4) is 11.5 Å². The summed E-state index contributed by atoms with van der Waals surface area (Å²) in [5.74, 6) is 1.19. The predicted octanol–water partition coefficient (Wildman–Crippen LogP) is 3.12. The van der Waals surface area contributed by atoms with Crippen molar-refractivity contribution in [3.05, 3.63) is 53.1 Å². The zero-order valence-corrected chi connectivity index (χ0v) is 17.8. The number of nitrogens with zero attached hydrogens (tertiary/aromatic N) is 1. The van der Waals surface area contributed by atoms with Crippen molar-refractivity contribution in [1.82, 2.24) is 10.2 Å². The number of sulfone groups is 1. The molecule has 29 heavy (non-hydrogen) atoms. The number of ether oxygens (including phenoxy) is 2. The number of carbonyl (C=O) groups is 1. The SMILES string of the molecule is COc1ccc(CNC(=O)N2CCC(S(=O)(=O)c3ccc(Cl)cc3)C2)cc1OC. The summed E-state index contributed by atoms with van der Waals surface area (Å²) in [6, 6.07) is 11.2. The van der Waals surface area contributed by atoms with E-state index in [0.29, 0.717) is 36.0 Å². The minimum Gasteiger partial charge on any atom is -0.493 e. The minimum atomic E-state index is -3.52. The number of hydrogen-bond acceptors (Lipinski definition) is 5.